The third-order valence-electron chi connectivity index (χ3n) is 2.78. The van der Waals surface area contributed by atoms with Gasteiger partial charge in [0.05, 0.1) is 13.2 Å². The van der Waals surface area contributed by atoms with Crippen molar-refractivity contribution in [3.63, 3.8) is 0 Å². The van der Waals surface area contributed by atoms with E-state index in [1.807, 2.05) is 0 Å². The first kappa shape index (κ1) is 8.48. The van der Waals surface area contributed by atoms with Crippen molar-refractivity contribution in [3.05, 3.63) is 0 Å². The van der Waals surface area contributed by atoms with Crippen LogP contribution in [0.25, 0.3) is 0 Å². The van der Waals surface area contributed by atoms with Gasteiger partial charge in [-0.15, -0.1) is 0 Å². The minimum absolute atomic E-state index is 0.931. The summed E-state index contributed by atoms with van der Waals surface area (Å²) < 4.78 is 5.29. The Labute approximate surface area is 74.3 Å². The minimum atomic E-state index is 0.931. The molecule has 2 aliphatic heterocycles. The largest absolute Gasteiger partial charge is 0.379 e. The monoisotopic (exact) mass is 170 g/mol. The van der Waals surface area contributed by atoms with Crippen molar-refractivity contribution in [3.8, 4) is 0 Å². The Morgan fingerprint density at radius 3 is 1.92 bits per heavy atom. The number of rotatable bonds is 3. The first-order valence-electron chi connectivity index (χ1n) is 4.97. The summed E-state index contributed by atoms with van der Waals surface area (Å²) in [6.45, 7) is 9.28. The number of hydrogen-bond acceptors (Lipinski definition) is 3. The molecule has 70 valence electrons. The zero-order chi connectivity index (χ0) is 8.23. The van der Waals surface area contributed by atoms with Gasteiger partial charge in [-0.25, -0.2) is 0 Å². The number of ether oxygens (including phenoxy) is 1. The van der Waals surface area contributed by atoms with Gasteiger partial charge in [0, 0.05) is 26.2 Å². The molecule has 2 saturated heterocycles. The molecule has 2 heterocycles. The standard InChI is InChI=1S/C9H18N2O/c1-2-10(3-1)4-5-11-6-8-12-9-7-11/h1-9H2. The van der Waals surface area contributed by atoms with Crippen LogP contribution in [0.1, 0.15) is 6.42 Å². The van der Waals surface area contributed by atoms with Gasteiger partial charge in [0.1, 0.15) is 0 Å². The van der Waals surface area contributed by atoms with Crippen molar-refractivity contribution < 1.29 is 4.74 Å². The third kappa shape index (κ3) is 2.19. The van der Waals surface area contributed by atoms with E-state index >= 15 is 0 Å². The quantitative estimate of drug-likeness (QED) is 0.594. The van der Waals surface area contributed by atoms with E-state index in [9.17, 15) is 0 Å². The molecule has 0 aromatic heterocycles. The summed E-state index contributed by atoms with van der Waals surface area (Å²) >= 11 is 0. The fraction of sp³-hybridized carbons (Fsp3) is 1.00. The molecule has 3 heteroatoms. The predicted octanol–water partition coefficient (Wildman–Crippen LogP) is 0.0243. The number of morpholine rings is 1. The van der Waals surface area contributed by atoms with Crippen molar-refractivity contribution in [2.75, 3.05) is 52.5 Å². The highest BCUT2D eigenvalue weighted by Gasteiger charge is 2.15. The highest BCUT2D eigenvalue weighted by molar-refractivity contribution is 4.71. The van der Waals surface area contributed by atoms with Crippen LogP contribution in [0, 0.1) is 0 Å². The average Bonchev–Trinajstić information content (AvgIpc) is 2.04. The molecule has 0 unspecified atom stereocenters. The van der Waals surface area contributed by atoms with Crippen LogP contribution in [0.4, 0.5) is 0 Å². The van der Waals surface area contributed by atoms with E-state index in [0.29, 0.717) is 0 Å². The Kier molecular flexibility index (Phi) is 2.98. The maximum absolute atomic E-state index is 5.29. The first-order chi connectivity index (χ1) is 5.95. The van der Waals surface area contributed by atoms with Gasteiger partial charge in [0.25, 0.3) is 0 Å². The second-order valence-corrected chi connectivity index (χ2v) is 3.65. The summed E-state index contributed by atoms with van der Waals surface area (Å²) in [6.07, 6.45) is 1.41. The predicted molar refractivity (Wildman–Crippen MR) is 48.3 cm³/mol. The fourth-order valence-corrected chi connectivity index (χ4v) is 1.71. The first-order valence-corrected chi connectivity index (χ1v) is 4.97. The lowest BCUT2D eigenvalue weighted by Crippen LogP contribution is -2.45. The van der Waals surface area contributed by atoms with Gasteiger partial charge in [-0.3, -0.25) is 4.90 Å². The molecule has 2 fully saturated rings. The molecule has 0 aliphatic carbocycles. The molecule has 0 aromatic rings. The number of hydrogen-bond donors (Lipinski definition) is 0. The Morgan fingerprint density at radius 1 is 0.833 bits per heavy atom. The molecule has 0 amide bonds. The van der Waals surface area contributed by atoms with Gasteiger partial charge in [-0.2, -0.15) is 0 Å². The molecule has 0 bridgehead atoms. The lowest BCUT2D eigenvalue weighted by Gasteiger charge is -2.34. The van der Waals surface area contributed by atoms with Gasteiger partial charge in [0.2, 0.25) is 0 Å². The zero-order valence-electron chi connectivity index (χ0n) is 7.67. The van der Waals surface area contributed by atoms with Crippen LogP contribution in [-0.2, 0) is 4.74 Å². The van der Waals surface area contributed by atoms with Crippen LogP contribution >= 0.6 is 0 Å². The Hall–Kier alpha value is -0.120. The maximum atomic E-state index is 5.29. The van der Waals surface area contributed by atoms with E-state index in [0.717, 1.165) is 26.3 Å². The minimum Gasteiger partial charge on any atom is -0.379 e. The van der Waals surface area contributed by atoms with E-state index in [-0.39, 0.29) is 0 Å². The van der Waals surface area contributed by atoms with Crippen LogP contribution in [0.2, 0.25) is 0 Å². The molecule has 0 spiro atoms. The summed E-state index contributed by atoms with van der Waals surface area (Å²) in [5.41, 5.74) is 0. The molecule has 0 aromatic carbocycles. The zero-order valence-corrected chi connectivity index (χ0v) is 7.67. The molecular weight excluding hydrogens is 152 g/mol. The molecular formula is C9H18N2O. The Bertz CT molecular complexity index is 130. The van der Waals surface area contributed by atoms with E-state index in [1.54, 1.807) is 0 Å². The Balaban J connectivity index is 1.58. The van der Waals surface area contributed by atoms with Crippen molar-refractivity contribution in [1.82, 2.24) is 9.80 Å². The van der Waals surface area contributed by atoms with Crippen LogP contribution in [0.3, 0.4) is 0 Å². The van der Waals surface area contributed by atoms with E-state index in [4.69, 9.17) is 4.74 Å². The fourth-order valence-electron chi connectivity index (χ4n) is 1.71. The van der Waals surface area contributed by atoms with Gasteiger partial charge in [-0.1, -0.05) is 0 Å². The molecule has 0 saturated carbocycles. The number of nitrogens with zero attached hydrogens (tertiary/aromatic N) is 2. The molecule has 2 aliphatic rings. The van der Waals surface area contributed by atoms with Crippen LogP contribution in [-0.4, -0.2) is 62.3 Å². The van der Waals surface area contributed by atoms with E-state index < -0.39 is 0 Å². The van der Waals surface area contributed by atoms with Gasteiger partial charge in [0.15, 0.2) is 0 Å². The topological polar surface area (TPSA) is 15.7 Å². The van der Waals surface area contributed by atoms with Crippen molar-refractivity contribution in [2.45, 2.75) is 6.42 Å². The van der Waals surface area contributed by atoms with Crippen molar-refractivity contribution in [2.24, 2.45) is 0 Å². The molecule has 0 radical (unpaired) electrons. The molecule has 3 nitrogen and oxygen atoms in total. The summed E-state index contributed by atoms with van der Waals surface area (Å²) in [5, 5.41) is 0. The molecule has 12 heavy (non-hydrogen) atoms. The molecule has 2 rings (SSSR count). The highest BCUT2D eigenvalue weighted by Crippen LogP contribution is 2.05. The summed E-state index contributed by atoms with van der Waals surface area (Å²) in [4.78, 5) is 5.03. The van der Waals surface area contributed by atoms with Crippen LogP contribution in [0.15, 0.2) is 0 Å². The van der Waals surface area contributed by atoms with Crippen molar-refractivity contribution in [1.29, 1.82) is 0 Å². The van der Waals surface area contributed by atoms with Gasteiger partial charge in [-0.05, 0) is 19.5 Å². The maximum Gasteiger partial charge on any atom is 0.0594 e. The summed E-state index contributed by atoms with van der Waals surface area (Å²) in [6, 6.07) is 0. The summed E-state index contributed by atoms with van der Waals surface area (Å²) in [5.74, 6) is 0. The number of likely N-dealkylation sites (tertiary alicyclic amines) is 1. The van der Waals surface area contributed by atoms with Crippen LogP contribution < -0.4 is 0 Å². The second kappa shape index (κ2) is 4.21. The third-order valence-corrected chi connectivity index (χ3v) is 2.78. The summed E-state index contributed by atoms with van der Waals surface area (Å²) in [7, 11) is 0. The average molecular weight is 170 g/mol. The molecule has 0 N–H and O–H groups in total. The van der Waals surface area contributed by atoms with Crippen LogP contribution in [0.5, 0.6) is 0 Å². The van der Waals surface area contributed by atoms with E-state index in [2.05, 4.69) is 9.80 Å². The Morgan fingerprint density at radius 2 is 1.42 bits per heavy atom. The van der Waals surface area contributed by atoms with Gasteiger partial charge < -0.3 is 9.64 Å². The normalized spacial score (nSPS) is 27.0. The lowest BCUT2D eigenvalue weighted by molar-refractivity contribution is 0.0297. The lowest BCUT2D eigenvalue weighted by atomic mass is 10.2. The van der Waals surface area contributed by atoms with Crippen molar-refractivity contribution >= 4 is 0 Å². The molecule has 0 atom stereocenters. The SMILES string of the molecule is C1CN(CCN2CCOCC2)C1. The second-order valence-electron chi connectivity index (χ2n) is 3.65. The smallest absolute Gasteiger partial charge is 0.0594 e. The van der Waals surface area contributed by atoms with E-state index in [1.165, 1.54) is 32.6 Å². The highest BCUT2D eigenvalue weighted by atomic mass is 16.5. The van der Waals surface area contributed by atoms with Gasteiger partial charge >= 0.3 is 0 Å².